The van der Waals surface area contributed by atoms with Gasteiger partial charge in [0, 0.05) is 36.6 Å². The van der Waals surface area contributed by atoms with E-state index in [0.29, 0.717) is 54.1 Å². The Labute approximate surface area is 228 Å². The van der Waals surface area contributed by atoms with Gasteiger partial charge in [0.15, 0.2) is 0 Å². The van der Waals surface area contributed by atoms with Crippen molar-refractivity contribution in [3.8, 4) is 0 Å². The van der Waals surface area contributed by atoms with E-state index in [4.69, 9.17) is 17.3 Å². The van der Waals surface area contributed by atoms with Crippen molar-refractivity contribution in [1.82, 2.24) is 15.3 Å². The van der Waals surface area contributed by atoms with E-state index in [1.54, 1.807) is 13.8 Å². The Morgan fingerprint density at radius 1 is 1.05 bits per heavy atom. The van der Waals surface area contributed by atoms with Crippen LogP contribution >= 0.6 is 11.6 Å². The molecule has 200 valence electrons. The molecule has 0 spiro atoms. The van der Waals surface area contributed by atoms with Crippen molar-refractivity contribution in [3.05, 3.63) is 83.7 Å². The van der Waals surface area contributed by atoms with Crippen LogP contribution in [0.4, 0.5) is 23.1 Å². The van der Waals surface area contributed by atoms with Crippen molar-refractivity contribution in [2.24, 2.45) is 11.1 Å². The van der Waals surface area contributed by atoms with Crippen LogP contribution in [0, 0.1) is 5.41 Å². The van der Waals surface area contributed by atoms with Gasteiger partial charge in [-0.05, 0) is 50.5 Å². The number of halogens is 1. The first kappa shape index (κ1) is 28.5. The number of carbonyl (C=O) groups excluding carboxylic acids is 2. The average molecular weight is 536 g/mol. The summed E-state index contributed by atoms with van der Waals surface area (Å²) in [5.41, 5.74) is 7.69. The number of amides is 2. The third-order valence-corrected chi connectivity index (χ3v) is 6.26. The third-order valence-electron chi connectivity index (χ3n) is 5.98. The number of anilines is 4. The van der Waals surface area contributed by atoms with Gasteiger partial charge in [-0.3, -0.25) is 9.59 Å². The van der Waals surface area contributed by atoms with Gasteiger partial charge in [0.25, 0.3) is 0 Å². The average Bonchev–Trinajstić information content (AvgIpc) is 2.89. The van der Waals surface area contributed by atoms with Crippen LogP contribution in [0.15, 0.2) is 73.1 Å². The molecule has 0 saturated heterocycles. The maximum atomic E-state index is 12.4. The molecule has 1 heterocycles. The van der Waals surface area contributed by atoms with Gasteiger partial charge in [-0.15, -0.1) is 0 Å². The lowest BCUT2D eigenvalue weighted by Crippen LogP contribution is -2.38. The minimum Gasteiger partial charge on any atom is -0.388 e. The summed E-state index contributed by atoms with van der Waals surface area (Å²) in [7, 11) is 0. The van der Waals surface area contributed by atoms with E-state index in [9.17, 15) is 9.59 Å². The van der Waals surface area contributed by atoms with Crippen LogP contribution in [0.2, 0.25) is 5.02 Å². The van der Waals surface area contributed by atoms with Gasteiger partial charge in [0.1, 0.15) is 10.8 Å². The minimum atomic E-state index is -0.827. The Bertz CT molecular complexity index is 1270. The number of benzene rings is 2. The lowest BCUT2D eigenvalue weighted by molar-refractivity contribution is -0.124. The first-order valence-electron chi connectivity index (χ1n) is 12.4. The molecule has 0 unspecified atom stereocenters. The zero-order chi connectivity index (χ0) is 27.5. The largest absolute Gasteiger partial charge is 0.388 e. The van der Waals surface area contributed by atoms with Gasteiger partial charge in [-0.25, -0.2) is 4.98 Å². The molecule has 9 nitrogen and oxygen atoms in total. The summed E-state index contributed by atoms with van der Waals surface area (Å²) in [4.78, 5) is 32.6. The number of aromatic nitrogens is 2. The van der Waals surface area contributed by atoms with Crippen LogP contribution in [-0.2, 0) is 16.0 Å². The molecule has 3 rings (SSSR count). The number of hydrogen-bond donors (Lipinski definition) is 5. The predicted molar refractivity (Wildman–Crippen MR) is 153 cm³/mol. The first-order valence-corrected chi connectivity index (χ1v) is 12.7. The van der Waals surface area contributed by atoms with Crippen molar-refractivity contribution in [2.45, 2.75) is 33.1 Å². The summed E-state index contributed by atoms with van der Waals surface area (Å²) >= 11 is 6.27. The Morgan fingerprint density at radius 2 is 1.79 bits per heavy atom. The number of nitrogens with one attached hydrogen (secondary N) is 4. The van der Waals surface area contributed by atoms with Crippen molar-refractivity contribution in [2.75, 3.05) is 29.0 Å². The molecule has 38 heavy (non-hydrogen) atoms. The second-order valence-electron chi connectivity index (χ2n) is 9.30. The van der Waals surface area contributed by atoms with Crippen LogP contribution in [0.3, 0.4) is 0 Å². The first-order chi connectivity index (χ1) is 18.1. The van der Waals surface area contributed by atoms with E-state index in [0.717, 1.165) is 17.7 Å². The van der Waals surface area contributed by atoms with Gasteiger partial charge in [-0.1, -0.05) is 54.6 Å². The highest BCUT2D eigenvalue weighted by Gasteiger charge is 2.28. The van der Waals surface area contributed by atoms with Gasteiger partial charge in [0.05, 0.1) is 11.6 Å². The second kappa shape index (κ2) is 13.4. The van der Waals surface area contributed by atoms with Crippen LogP contribution in [-0.4, -0.2) is 34.9 Å². The SMILES string of the molecule is C=C(NCCCNc1nc(Nc2cccc(NC(=O)CCc3ccccc3)c2)ncc1Cl)C(C)(C)C(N)=O. The zero-order valence-corrected chi connectivity index (χ0v) is 22.4. The summed E-state index contributed by atoms with van der Waals surface area (Å²) in [5, 5.41) is 12.8. The number of aryl methyl sites for hydroxylation is 1. The fourth-order valence-electron chi connectivity index (χ4n) is 3.39. The van der Waals surface area contributed by atoms with Crippen molar-refractivity contribution < 1.29 is 9.59 Å². The molecule has 3 aromatic rings. The minimum absolute atomic E-state index is 0.0588. The van der Waals surface area contributed by atoms with Crippen molar-refractivity contribution in [1.29, 1.82) is 0 Å². The summed E-state index contributed by atoms with van der Waals surface area (Å²) in [6.07, 6.45) is 3.31. The van der Waals surface area contributed by atoms with E-state index in [-0.39, 0.29) is 5.91 Å². The van der Waals surface area contributed by atoms with Crippen LogP contribution in [0.25, 0.3) is 0 Å². The van der Waals surface area contributed by atoms with Crippen LogP contribution in [0.5, 0.6) is 0 Å². The standard InChI is InChI=1S/C28H34ClN7O2/c1-19(28(2,3)26(30)38)31-15-8-16-32-25-23(29)18-33-27(36-25)35-22-12-7-11-21(17-22)34-24(37)14-13-20-9-5-4-6-10-20/h4-7,9-12,17-18,31H,1,8,13-16H2,2-3H3,(H2,30,38)(H,34,37)(H2,32,33,35,36). The summed E-state index contributed by atoms with van der Waals surface area (Å²) in [5.74, 6) is 0.360. The molecular formula is C28H34ClN7O2. The highest BCUT2D eigenvalue weighted by molar-refractivity contribution is 6.32. The molecule has 0 aliphatic rings. The van der Waals surface area contributed by atoms with E-state index in [2.05, 4.69) is 37.8 Å². The number of rotatable bonds is 14. The molecule has 2 amide bonds. The molecule has 0 bridgehead atoms. The number of nitrogens with two attached hydrogens (primary N) is 1. The van der Waals surface area contributed by atoms with E-state index >= 15 is 0 Å². The number of primary amides is 1. The second-order valence-corrected chi connectivity index (χ2v) is 9.71. The molecule has 0 radical (unpaired) electrons. The predicted octanol–water partition coefficient (Wildman–Crippen LogP) is 4.86. The van der Waals surface area contributed by atoms with Gasteiger partial charge in [0.2, 0.25) is 17.8 Å². The Kier molecular flexibility index (Phi) is 10.1. The fraction of sp³-hybridized carbons (Fsp3) is 0.286. The van der Waals surface area contributed by atoms with E-state index < -0.39 is 11.3 Å². The highest BCUT2D eigenvalue weighted by atomic mass is 35.5. The molecule has 0 aliphatic carbocycles. The molecule has 1 aromatic heterocycles. The molecule has 0 aliphatic heterocycles. The molecule has 2 aromatic carbocycles. The lowest BCUT2D eigenvalue weighted by Gasteiger charge is -2.24. The van der Waals surface area contributed by atoms with E-state index in [1.807, 2.05) is 54.6 Å². The Balaban J connectivity index is 1.49. The van der Waals surface area contributed by atoms with Gasteiger partial charge < -0.3 is 27.0 Å². The number of nitrogens with zero attached hydrogens (tertiary/aromatic N) is 2. The maximum Gasteiger partial charge on any atom is 0.229 e. The third kappa shape index (κ3) is 8.48. The Morgan fingerprint density at radius 3 is 2.53 bits per heavy atom. The maximum absolute atomic E-state index is 12.4. The lowest BCUT2D eigenvalue weighted by atomic mass is 9.89. The smallest absolute Gasteiger partial charge is 0.229 e. The molecule has 0 atom stereocenters. The van der Waals surface area contributed by atoms with Crippen molar-refractivity contribution >= 4 is 46.6 Å². The summed E-state index contributed by atoms with van der Waals surface area (Å²) in [6.45, 7) is 8.55. The molecule has 6 N–H and O–H groups in total. The quantitative estimate of drug-likeness (QED) is 0.186. The van der Waals surface area contributed by atoms with Crippen molar-refractivity contribution in [3.63, 3.8) is 0 Å². The summed E-state index contributed by atoms with van der Waals surface area (Å²) in [6, 6.07) is 17.2. The number of carbonyl (C=O) groups is 2. The monoisotopic (exact) mass is 535 g/mol. The molecule has 0 fully saturated rings. The Hall–Kier alpha value is -4.11. The summed E-state index contributed by atoms with van der Waals surface area (Å²) < 4.78 is 0. The van der Waals surface area contributed by atoms with Gasteiger partial charge >= 0.3 is 0 Å². The van der Waals surface area contributed by atoms with E-state index in [1.165, 1.54) is 6.20 Å². The normalized spacial score (nSPS) is 10.9. The van der Waals surface area contributed by atoms with Crippen LogP contribution < -0.4 is 27.0 Å². The zero-order valence-electron chi connectivity index (χ0n) is 21.7. The van der Waals surface area contributed by atoms with Crippen LogP contribution in [0.1, 0.15) is 32.3 Å². The molecular weight excluding hydrogens is 502 g/mol. The number of hydrogen-bond acceptors (Lipinski definition) is 7. The fourth-order valence-corrected chi connectivity index (χ4v) is 3.54. The molecule has 0 saturated carbocycles. The topological polar surface area (TPSA) is 134 Å². The highest BCUT2D eigenvalue weighted by Crippen LogP contribution is 2.24. The van der Waals surface area contributed by atoms with Gasteiger partial charge in [-0.2, -0.15) is 4.98 Å². The molecule has 10 heteroatoms.